The molecule has 0 aliphatic carbocycles. The van der Waals surface area contributed by atoms with Gasteiger partial charge in [0.15, 0.2) is 0 Å². The van der Waals surface area contributed by atoms with E-state index in [1.807, 2.05) is 37.3 Å². The summed E-state index contributed by atoms with van der Waals surface area (Å²) in [6, 6.07) is 11.5. The van der Waals surface area contributed by atoms with Gasteiger partial charge in [-0.25, -0.2) is 9.97 Å². The lowest BCUT2D eigenvalue weighted by atomic mass is 10.2. The van der Waals surface area contributed by atoms with E-state index in [-0.39, 0.29) is 5.78 Å². The average molecular weight is 340 g/mol. The highest BCUT2D eigenvalue weighted by Gasteiger charge is 2.17. The lowest BCUT2D eigenvalue weighted by molar-refractivity contribution is -0.114. The number of nitrogens with one attached hydrogen (secondary N) is 1. The molecule has 2 heterocycles. The Morgan fingerprint density at radius 2 is 2.04 bits per heavy atom. The molecule has 0 unspecified atom stereocenters. The zero-order valence-electron chi connectivity index (χ0n) is 13.3. The van der Waals surface area contributed by atoms with E-state index in [9.17, 15) is 4.79 Å². The van der Waals surface area contributed by atoms with Gasteiger partial charge in [0.25, 0.3) is 0 Å². The second-order valence-corrected chi connectivity index (χ2v) is 6.13. The first-order chi connectivity index (χ1) is 11.6. The first-order valence-corrected chi connectivity index (χ1v) is 8.36. The number of rotatable bonds is 6. The number of anilines is 2. The molecule has 0 aliphatic rings. The van der Waals surface area contributed by atoms with Crippen LogP contribution in [-0.4, -0.2) is 26.7 Å². The zero-order chi connectivity index (χ0) is 16.9. The highest BCUT2D eigenvalue weighted by molar-refractivity contribution is 8.00. The monoisotopic (exact) mass is 340 g/mol. The van der Waals surface area contributed by atoms with Crippen LogP contribution in [0.4, 0.5) is 11.6 Å². The van der Waals surface area contributed by atoms with Crippen LogP contribution in [0.15, 0.2) is 52.1 Å². The molecule has 0 radical (unpaired) electrons. The van der Waals surface area contributed by atoms with Crippen LogP contribution in [0.2, 0.25) is 0 Å². The summed E-state index contributed by atoms with van der Waals surface area (Å²) in [6.45, 7) is 3.37. The first-order valence-electron chi connectivity index (χ1n) is 7.37. The summed E-state index contributed by atoms with van der Waals surface area (Å²) in [5.41, 5.74) is 2.40. The molecule has 0 aliphatic heterocycles. The summed E-state index contributed by atoms with van der Waals surface area (Å²) >= 11 is 1.35. The second kappa shape index (κ2) is 7.27. The van der Waals surface area contributed by atoms with Gasteiger partial charge in [-0.1, -0.05) is 35.1 Å². The fraction of sp³-hybridized carbons (Fsp3) is 0.176. The van der Waals surface area contributed by atoms with Crippen molar-refractivity contribution in [2.45, 2.75) is 18.9 Å². The number of hydrogen-bond donors (Lipinski definition) is 1. The van der Waals surface area contributed by atoms with Gasteiger partial charge in [-0.3, -0.25) is 4.79 Å². The number of para-hydroxylation sites is 1. The molecule has 1 aromatic carbocycles. The van der Waals surface area contributed by atoms with Crippen molar-refractivity contribution in [1.82, 2.24) is 15.1 Å². The molecule has 3 aromatic rings. The van der Waals surface area contributed by atoms with Crippen LogP contribution in [0, 0.1) is 6.92 Å². The number of hydrogen-bond acceptors (Lipinski definition) is 7. The van der Waals surface area contributed by atoms with E-state index in [1.54, 1.807) is 19.2 Å². The summed E-state index contributed by atoms with van der Waals surface area (Å²) in [4.78, 5) is 20.0. The van der Waals surface area contributed by atoms with E-state index < -0.39 is 0 Å². The van der Waals surface area contributed by atoms with E-state index in [1.165, 1.54) is 11.8 Å². The van der Waals surface area contributed by atoms with Crippen molar-refractivity contribution in [3.63, 3.8) is 0 Å². The Morgan fingerprint density at radius 3 is 2.79 bits per heavy atom. The fourth-order valence-corrected chi connectivity index (χ4v) is 2.94. The molecule has 0 saturated carbocycles. The molecule has 24 heavy (non-hydrogen) atoms. The number of aromatic nitrogens is 3. The number of Topliss-reactive ketones (excluding diaryl/α,β-unsaturated/α-hetero) is 1. The molecule has 0 fully saturated rings. The van der Waals surface area contributed by atoms with Crippen LogP contribution in [0.1, 0.15) is 12.7 Å². The Kier molecular flexibility index (Phi) is 4.90. The Hall–Kier alpha value is -2.67. The van der Waals surface area contributed by atoms with Crippen molar-refractivity contribution in [3.05, 3.63) is 48.4 Å². The number of carbonyl (C=O) groups is 1. The molecule has 7 heteroatoms. The van der Waals surface area contributed by atoms with Crippen molar-refractivity contribution in [2.24, 2.45) is 0 Å². The van der Waals surface area contributed by atoms with Gasteiger partial charge in [0, 0.05) is 11.9 Å². The molecular formula is C17H16N4O2S. The number of benzene rings is 1. The van der Waals surface area contributed by atoms with Crippen LogP contribution in [0.25, 0.3) is 11.3 Å². The minimum atomic E-state index is 0.0840. The van der Waals surface area contributed by atoms with E-state index in [0.29, 0.717) is 28.2 Å². The summed E-state index contributed by atoms with van der Waals surface area (Å²) in [6.07, 6.45) is 1.68. The molecule has 1 N–H and O–H groups in total. The maximum Gasteiger partial charge on any atom is 0.227 e. The van der Waals surface area contributed by atoms with Crippen molar-refractivity contribution in [1.29, 1.82) is 0 Å². The predicted molar refractivity (Wildman–Crippen MR) is 93.4 cm³/mol. The van der Waals surface area contributed by atoms with Gasteiger partial charge in [-0.15, -0.1) is 0 Å². The SMILES string of the molecule is CC(=O)CSc1noc(C)c1-c1ccnc(Nc2ccccc2)n1. The number of carbonyl (C=O) groups excluding carboxylic acids is 1. The molecule has 2 aromatic heterocycles. The van der Waals surface area contributed by atoms with Crippen molar-refractivity contribution in [3.8, 4) is 11.3 Å². The largest absolute Gasteiger partial charge is 0.360 e. The Bertz CT molecular complexity index is 849. The number of ketones is 1. The van der Waals surface area contributed by atoms with E-state index in [0.717, 1.165) is 11.3 Å². The van der Waals surface area contributed by atoms with Crippen molar-refractivity contribution in [2.75, 3.05) is 11.1 Å². The Balaban J connectivity index is 1.89. The smallest absolute Gasteiger partial charge is 0.227 e. The third-order valence-electron chi connectivity index (χ3n) is 3.19. The van der Waals surface area contributed by atoms with Gasteiger partial charge in [0.1, 0.15) is 16.6 Å². The normalized spacial score (nSPS) is 10.6. The van der Waals surface area contributed by atoms with E-state index in [2.05, 4.69) is 20.4 Å². The third-order valence-corrected chi connectivity index (χ3v) is 4.29. The molecule has 0 spiro atoms. The molecule has 0 saturated heterocycles. The highest BCUT2D eigenvalue weighted by Crippen LogP contribution is 2.33. The number of thioether (sulfide) groups is 1. The lowest BCUT2D eigenvalue weighted by Gasteiger charge is -2.06. The van der Waals surface area contributed by atoms with Gasteiger partial charge in [-0.2, -0.15) is 0 Å². The van der Waals surface area contributed by atoms with Crippen LogP contribution in [0.5, 0.6) is 0 Å². The lowest BCUT2D eigenvalue weighted by Crippen LogP contribution is -1.98. The second-order valence-electron chi connectivity index (χ2n) is 5.17. The van der Waals surface area contributed by atoms with E-state index >= 15 is 0 Å². The van der Waals surface area contributed by atoms with Gasteiger partial charge >= 0.3 is 0 Å². The van der Waals surface area contributed by atoms with Crippen LogP contribution in [-0.2, 0) is 4.79 Å². The minimum Gasteiger partial charge on any atom is -0.360 e. The molecular weight excluding hydrogens is 324 g/mol. The van der Waals surface area contributed by atoms with Crippen molar-refractivity contribution < 1.29 is 9.32 Å². The summed E-state index contributed by atoms with van der Waals surface area (Å²) in [5.74, 6) is 1.58. The number of aryl methyl sites for hydroxylation is 1. The maximum atomic E-state index is 11.2. The molecule has 0 amide bonds. The van der Waals surface area contributed by atoms with Crippen LogP contribution in [0.3, 0.4) is 0 Å². The zero-order valence-corrected chi connectivity index (χ0v) is 14.1. The van der Waals surface area contributed by atoms with Crippen LogP contribution >= 0.6 is 11.8 Å². The molecule has 6 nitrogen and oxygen atoms in total. The van der Waals surface area contributed by atoms with Crippen LogP contribution < -0.4 is 5.32 Å². The predicted octanol–water partition coefficient (Wildman–Crippen LogP) is 3.86. The van der Waals surface area contributed by atoms with Gasteiger partial charge in [0.2, 0.25) is 5.95 Å². The van der Waals surface area contributed by atoms with Gasteiger partial charge in [0.05, 0.1) is 17.0 Å². The first kappa shape index (κ1) is 16.2. The Labute approximate surface area is 143 Å². The summed E-state index contributed by atoms with van der Waals surface area (Å²) < 4.78 is 5.28. The van der Waals surface area contributed by atoms with Gasteiger partial charge < -0.3 is 9.84 Å². The topological polar surface area (TPSA) is 80.9 Å². The molecule has 3 rings (SSSR count). The minimum absolute atomic E-state index is 0.0840. The quantitative estimate of drug-likeness (QED) is 0.682. The van der Waals surface area contributed by atoms with Gasteiger partial charge in [-0.05, 0) is 32.0 Å². The average Bonchev–Trinajstić information content (AvgIpc) is 2.95. The maximum absolute atomic E-state index is 11.2. The summed E-state index contributed by atoms with van der Waals surface area (Å²) in [7, 11) is 0. The third kappa shape index (κ3) is 3.80. The van der Waals surface area contributed by atoms with E-state index in [4.69, 9.17) is 4.52 Å². The molecule has 122 valence electrons. The molecule has 0 atom stereocenters. The number of nitrogens with zero attached hydrogens (tertiary/aromatic N) is 3. The highest BCUT2D eigenvalue weighted by atomic mass is 32.2. The molecule has 0 bridgehead atoms. The van der Waals surface area contributed by atoms with Crippen molar-refractivity contribution >= 4 is 29.2 Å². The fourth-order valence-electron chi connectivity index (χ4n) is 2.12. The Morgan fingerprint density at radius 1 is 1.25 bits per heavy atom. The standard InChI is InChI=1S/C17H16N4O2S/c1-11(22)10-24-16-15(12(2)23-21-16)14-8-9-18-17(20-14)19-13-6-4-3-5-7-13/h3-9H,10H2,1-2H3,(H,18,19,20). The summed E-state index contributed by atoms with van der Waals surface area (Å²) in [5, 5.41) is 7.85.